The molecule has 0 fully saturated rings. The van der Waals surface area contributed by atoms with Crippen LogP contribution in [0.1, 0.15) is 5.56 Å². The summed E-state index contributed by atoms with van der Waals surface area (Å²) in [5, 5.41) is 11.5. The lowest BCUT2D eigenvalue weighted by molar-refractivity contribution is -0.110. The van der Waals surface area contributed by atoms with Gasteiger partial charge in [0.05, 0.1) is 0 Å². The zero-order chi connectivity index (χ0) is 13.2. The minimum Gasteiger partial charge on any atom is -0.431 e. The van der Waals surface area contributed by atoms with E-state index in [1.165, 1.54) is 0 Å². The van der Waals surface area contributed by atoms with Crippen molar-refractivity contribution < 1.29 is 24.2 Å². The van der Waals surface area contributed by atoms with Gasteiger partial charge in [-0.05, 0) is 5.56 Å². The van der Waals surface area contributed by atoms with E-state index >= 15 is 0 Å². The second-order valence-electron chi connectivity index (χ2n) is 3.52. The van der Waals surface area contributed by atoms with Crippen molar-refractivity contribution in [3.05, 3.63) is 35.9 Å². The van der Waals surface area contributed by atoms with Gasteiger partial charge in [0.1, 0.15) is 19.3 Å². The third-order valence-electron chi connectivity index (χ3n) is 2.03. The Bertz CT molecular complexity index is 368. The van der Waals surface area contributed by atoms with Gasteiger partial charge in [0.25, 0.3) is 0 Å². The number of amides is 1. The van der Waals surface area contributed by atoms with Crippen molar-refractivity contribution in [3.8, 4) is 0 Å². The Labute approximate surface area is 105 Å². The van der Waals surface area contributed by atoms with E-state index in [2.05, 4.69) is 10.1 Å². The predicted molar refractivity (Wildman–Crippen MR) is 62.7 cm³/mol. The maximum atomic E-state index is 11.1. The van der Waals surface area contributed by atoms with Crippen LogP contribution in [0.25, 0.3) is 0 Å². The third-order valence-corrected chi connectivity index (χ3v) is 2.03. The summed E-state index contributed by atoms with van der Waals surface area (Å²) < 4.78 is 9.48. The molecule has 1 amide bonds. The number of rotatable bonds is 7. The van der Waals surface area contributed by atoms with E-state index in [0.717, 1.165) is 5.56 Å². The molecule has 0 aliphatic rings. The predicted octanol–water partition coefficient (Wildman–Crippen LogP) is 0.447. The highest BCUT2D eigenvalue weighted by molar-refractivity contribution is 5.59. The lowest BCUT2D eigenvalue weighted by atomic mass is 10.2. The molecule has 0 radical (unpaired) electrons. The van der Waals surface area contributed by atoms with E-state index in [-0.39, 0.29) is 19.8 Å². The zero-order valence-corrected chi connectivity index (χ0v) is 9.74. The average Bonchev–Trinajstić information content (AvgIpc) is 2.41. The van der Waals surface area contributed by atoms with Crippen molar-refractivity contribution in [2.75, 3.05) is 13.2 Å². The topological polar surface area (TPSA) is 84.9 Å². The smallest absolute Gasteiger partial charge is 0.431 e. The van der Waals surface area contributed by atoms with E-state index in [1.54, 1.807) is 0 Å². The minimum atomic E-state index is -0.945. The summed E-state index contributed by atoms with van der Waals surface area (Å²) in [6, 6.07) is 9.15. The zero-order valence-electron chi connectivity index (χ0n) is 9.74. The van der Waals surface area contributed by atoms with Gasteiger partial charge in [0.15, 0.2) is 0 Å². The van der Waals surface area contributed by atoms with Crippen LogP contribution in [0, 0.1) is 0 Å². The van der Waals surface area contributed by atoms with E-state index in [0.29, 0.717) is 6.41 Å². The van der Waals surface area contributed by atoms with Gasteiger partial charge in [-0.2, -0.15) is 0 Å². The van der Waals surface area contributed by atoms with E-state index in [9.17, 15) is 14.7 Å². The first-order valence-corrected chi connectivity index (χ1v) is 5.41. The molecule has 0 heterocycles. The summed E-state index contributed by atoms with van der Waals surface area (Å²) >= 11 is 0. The Balaban J connectivity index is 2.16. The highest BCUT2D eigenvalue weighted by Crippen LogP contribution is 2.01. The molecule has 0 saturated carbocycles. The molecule has 1 aromatic rings. The first-order valence-electron chi connectivity index (χ1n) is 5.41. The van der Waals surface area contributed by atoms with Crippen molar-refractivity contribution >= 4 is 12.6 Å². The molecule has 98 valence electrons. The van der Waals surface area contributed by atoms with Crippen LogP contribution in [0.5, 0.6) is 0 Å². The molecule has 0 aliphatic carbocycles. The normalized spacial score (nSPS) is 11.4. The van der Waals surface area contributed by atoms with Crippen LogP contribution >= 0.6 is 0 Å². The van der Waals surface area contributed by atoms with Crippen LogP contribution in [-0.4, -0.2) is 36.9 Å². The Hall–Kier alpha value is -2.08. The monoisotopic (exact) mass is 253 g/mol. The Morgan fingerprint density at radius 3 is 2.72 bits per heavy atom. The second kappa shape index (κ2) is 8.08. The summed E-state index contributed by atoms with van der Waals surface area (Å²) in [4.78, 5) is 21.1. The quantitative estimate of drug-likeness (QED) is 0.544. The number of carbonyl (C=O) groups is 2. The van der Waals surface area contributed by atoms with Crippen LogP contribution in [0.2, 0.25) is 0 Å². The molecule has 18 heavy (non-hydrogen) atoms. The lowest BCUT2D eigenvalue weighted by Gasteiger charge is -2.10. The van der Waals surface area contributed by atoms with Crippen LogP contribution in [-0.2, 0) is 20.9 Å². The maximum Gasteiger partial charge on any atom is 0.508 e. The lowest BCUT2D eigenvalue weighted by Crippen LogP contribution is -2.30. The van der Waals surface area contributed by atoms with Crippen molar-refractivity contribution in [1.82, 2.24) is 5.32 Å². The molecule has 0 aliphatic heterocycles. The molecule has 0 spiro atoms. The standard InChI is InChI=1S/C12H15NO5/c14-9-13-6-11(15)8-18-12(16)17-7-10-4-2-1-3-5-10/h1-5,9,11,15H,6-8H2,(H,13,14). The van der Waals surface area contributed by atoms with E-state index in [1.807, 2.05) is 30.3 Å². The Morgan fingerprint density at radius 2 is 2.06 bits per heavy atom. The molecule has 1 unspecified atom stereocenters. The van der Waals surface area contributed by atoms with Gasteiger partial charge < -0.3 is 19.9 Å². The fourth-order valence-electron chi connectivity index (χ4n) is 1.17. The third kappa shape index (κ3) is 5.86. The second-order valence-corrected chi connectivity index (χ2v) is 3.52. The molecule has 0 aromatic heterocycles. The van der Waals surface area contributed by atoms with Crippen molar-refractivity contribution in [2.24, 2.45) is 0 Å². The molecule has 6 nitrogen and oxygen atoms in total. The van der Waals surface area contributed by atoms with Crippen LogP contribution in [0.3, 0.4) is 0 Å². The number of ether oxygens (including phenoxy) is 2. The Morgan fingerprint density at radius 1 is 1.33 bits per heavy atom. The van der Waals surface area contributed by atoms with Crippen LogP contribution < -0.4 is 5.32 Å². The molecular weight excluding hydrogens is 238 g/mol. The number of benzene rings is 1. The number of nitrogens with one attached hydrogen (secondary N) is 1. The molecule has 0 saturated heterocycles. The minimum absolute atomic E-state index is 0.0233. The summed E-state index contributed by atoms with van der Waals surface area (Å²) in [6.45, 7) is -0.0910. The summed E-state index contributed by atoms with van der Waals surface area (Å²) in [7, 11) is 0. The average molecular weight is 253 g/mol. The van der Waals surface area contributed by atoms with Crippen molar-refractivity contribution in [1.29, 1.82) is 0 Å². The number of aliphatic hydroxyl groups excluding tert-OH is 1. The molecule has 1 rings (SSSR count). The summed E-state index contributed by atoms with van der Waals surface area (Å²) in [6.07, 6.45) is -1.35. The number of carbonyl (C=O) groups excluding carboxylic acids is 2. The first-order chi connectivity index (χ1) is 8.72. The number of aliphatic hydroxyl groups is 1. The molecular formula is C12H15NO5. The molecule has 2 N–H and O–H groups in total. The van der Waals surface area contributed by atoms with Gasteiger partial charge in [0.2, 0.25) is 6.41 Å². The fourth-order valence-corrected chi connectivity index (χ4v) is 1.17. The maximum absolute atomic E-state index is 11.1. The highest BCUT2D eigenvalue weighted by atomic mass is 16.7. The van der Waals surface area contributed by atoms with Crippen molar-refractivity contribution in [3.63, 3.8) is 0 Å². The largest absolute Gasteiger partial charge is 0.508 e. The number of hydrogen-bond acceptors (Lipinski definition) is 5. The van der Waals surface area contributed by atoms with Gasteiger partial charge in [-0.1, -0.05) is 30.3 Å². The van der Waals surface area contributed by atoms with Gasteiger partial charge in [-0.15, -0.1) is 0 Å². The van der Waals surface area contributed by atoms with Gasteiger partial charge in [-0.3, -0.25) is 4.79 Å². The van der Waals surface area contributed by atoms with Gasteiger partial charge >= 0.3 is 6.16 Å². The van der Waals surface area contributed by atoms with Crippen LogP contribution in [0.4, 0.5) is 4.79 Å². The van der Waals surface area contributed by atoms with E-state index < -0.39 is 12.3 Å². The first kappa shape index (κ1) is 14.0. The fraction of sp³-hybridized carbons (Fsp3) is 0.333. The van der Waals surface area contributed by atoms with Gasteiger partial charge in [-0.25, -0.2) is 4.79 Å². The summed E-state index contributed by atoms with van der Waals surface area (Å²) in [5.74, 6) is 0. The number of hydrogen-bond donors (Lipinski definition) is 2. The molecule has 1 atom stereocenters. The highest BCUT2D eigenvalue weighted by Gasteiger charge is 2.09. The molecule has 6 heteroatoms. The Kier molecular flexibility index (Phi) is 6.27. The molecule has 0 bridgehead atoms. The van der Waals surface area contributed by atoms with Gasteiger partial charge in [0, 0.05) is 6.54 Å². The summed E-state index contributed by atoms with van der Waals surface area (Å²) in [5.41, 5.74) is 0.845. The van der Waals surface area contributed by atoms with Crippen LogP contribution in [0.15, 0.2) is 30.3 Å². The SMILES string of the molecule is O=CNCC(O)COC(=O)OCc1ccccc1. The van der Waals surface area contributed by atoms with Crippen molar-refractivity contribution in [2.45, 2.75) is 12.7 Å². The molecule has 1 aromatic carbocycles. The van der Waals surface area contributed by atoms with E-state index in [4.69, 9.17) is 4.74 Å².